The van der Waals surface area contributed by atoms with Gasteiger partial charge in [-0.2, -0.15) is 13.2 Å². The van der Waals surface area contributed by atoms with Gasteiger partial charge in [0.15, 0.2) is 0 Å². The molecule has 3 N–H and O–H groups in total. The number of hydrogen-bond acceptors (Lipinski definition) is 4. The summed E-state index contributed by atoms with van der Waals surface area (Å²) in [7, 11) is 0. The Morgan fingerprint density at radius 2 is 1.88 bits per heavy atom. The van der Waals surface area contributed by atoms with Gasteiger partial charge < -0.3 is 15.7 Å². The van der Waals surface area contributed by atoms with E-state index >= 15 is 0 Å². The summed E-state index contributed by atoms with van der Waals surface area (Å²) in [5.74, 6) is -1.95. The molecule has 1 aromatic carbocycles. The minimum atomic E-state index is -4.51. The molecule has 1 aliphatic heterocycles. The summed E-state index contributed by atoms with van der Waals surface area (Å²) in [6.07, 6.45) is 1.28. The Labute approximate surface area is 192 Å². The van der Waals surface area contributed by atoms with E-state index in [0.29, 0.717) is 11.6 Å². The van der Waals surface area contributed by atoms with Crippen LogP contribution in [0.1, 0.15) is 30.4 Å². The SMILES string of the molecule is N/C(=N\C(=C1\C=C(c2cc(F)cc(F)c2)C=C(O)C1)N1CCCC1C(F)(F)F)c1cccnc1. The van der Waals surface area contributed by atoms with E-state index in [0.717, 1.165) is 17.0 Å². The lowest BCUT2D eigenvalue weighted by molar-refractivity contribution is -0.171. The first-order valence-electron chi connectivity index (χ1n) is 10.5. The van der Waals surface area contributed by atoms with E-state index in [9.17, 15) is 27.1 Å². The molecule has 1 saturated heterocycles. The number of rotatable bonds is 4. The number of allylic oxidation sites excluding steroid dienone is 4. The molecule has 1 unspecified atom stereocenters. The number of aliphatic imine (C=N–C) groups is 1. The summed E-state index contributed by atoms with van der Waals surface area (Å²) >= 11 is 0. The monoisotopic (exact) mass is 476 g/mol. The number of aliphatic hydroxyl groups is 1. The highest BCUT2D eigenvalue weighted by molar-refractivity contribution is 5.97. The maximum Gasteiger partial charge on any atom is 0.408 e. The Hall–Kier alpha value is -3.69. The Kier molecular flexibility index (Phi) is 6.41. The van der Waals surface area contributed by atoms with Gasteiger partial charge in [-0.15, -0.1) is 0 Å². The molecule has 4 rings (SSSR count). The lowest BCUT2D eigenvalue weighted by atomic mass is 9.94. The van der Waals surface area contributed by atoms with Crippen molar-refractivity contribution in [3.63, 3.8) is 0 Å². The normalized spacial score (nSPS) is 20.8. The van der Waals surface area contributed by atoms with Gasteiger partial charge in [0, 0.05) is 42.6 Å². The number of amidine groups is 1. The van der Waals surface area contributed by atoms with Crippen LogP contribution in [0.15, 0.2) is 77.0 Å². The molecule has 2 aromatic rings. The summed E-state index contributed by atoms with van der Waals surface area (Å²) in [4.78, 5) is 9.42. The third-order valence-corrected chi connectivity index (χ3v) is 5.59. The Balaban J connectivity index is 1.88. The van der Waals surface area contributed by atoms with Crippen LogP contribution in [-0.2, 0) is 0 Å². The summed E-state index contributed by atoms with van der Waals surface area (Å²) in [6.45, 7) is 0.0784. The average Bonchev–Trinajstić information content (AvgIpc) is 3.27. The van der Waals surface area contributed by atoms with Crippen molar-refractivity contribution in [2.75, 3.05) is 6.54 Å². The molecule has 1 atom stereocenters. The number of alkyl halides is 3. The molecule has 0 radical (unpaired) electrons. The van der Waals surface area contributed by atoms with Gasteiger partial charge in [-0.05, 0) is 60.4 Å². The summed E-state index contributed by atoms with van der Waals surface area (Å²) < 4.78 is 68.9. The third-order valence-electron chi connectivity index (χ3n) is 5.59. The predicted octanol–water partition coefficient (Wildman–Crippen LogP) is 5.23. The van der Waals surface area contributed by atoms with Crippen LogP contribution in [0.4, 0.5) is 22.0 Å². The van der Waals surface area contributed by atoms with E-state index in [1.807, 2.05) is 0 Å². The zero-order valence-corrected chi connectivity index (χ0v) is 17.9. The summed E-state index contributed by atoms with van der Waals surface area (Å²) in [5, 5.41) is 10.4. The maximum atomic E-state index is 13.8. The molecule has 0 amide bonds. The van der Waals surface area contributed by atoms with Gasteiger partial charge in [0.1, 0.15) is 29.3 Å². The second-order valence-corrected chi connectivity index (χ2v) is 8.05. The Bertz CT molecular complexity index is 1180. The third kappa shape index (κ3) is 5.11. The topological polar surface area (TPSA) is 74.7 Å². The lowest BCUT2D eigenvalue weighted by Crippen LogP contribution is -2.41. The molecule has 2 aliphatic rings. The maximum absolute atomic E-state index is 13.8. The van der Waals surface area contributed by atoms with Crippen LogP contribution in [0, 0.1) is 11.6 Å². The number of pyridine rings is 1. The quantitative estimate of drug-likeness (QED) is 0.360. The van der Waals surface area contributed by atoms with Crippen LogP contribution in [-0.4, -0.2) is 39.6 Å². The highest BCUT2D eigenvalue weighted by Crippen LogP contribution is 2.38. The number of likely N-dealkylation sites (tertiary alicyclic amines) is 1. The summed E-state index contributed by atoms with van der Waals surface area (Å²) in [5.41, 5.74) is 7.12. The van der Waals surface area contributed by atoms with Crippen LogP contribution >= 0.6 is 0 Å². The zero-order chi connectivity index (χ0) is 24.5. The molecule has 0 bridgehead atoms. The molecule has 1 fully saturated rings. The highest BCUT2D eigenvalue weighted by Gasteiger charge is 2.47. The van der Waals surface area contributed by atoms with Crippen LogP contribution in [0.3, 0.4) is 0 Å². The van der Waals surface area contributed by atoms with Crippen molar-refractivity contribution in [1.29, 1.82) is 0 Å². The van der Waals surface area contributed by atoms with Gasteiger partial charge in [0.2, 0.25) is 0 Å². The first kappa shape index (κ1) is 23.5. The zero-order valence-electron chi connectivity index (χ0n) is 17.9. The van der Waals surface area contributed by atoms with E-state index in [4.69, 9.17) is 5.73 Å². The molecule has 0 saturated carbocycles. The molecule has 178 valence electrons. The molecule has 34 heavy (non-hydrogen) atoms. The van der Waals surface area contributed by atoms with Crippen LogP contribution in [0.2, 0.25) is 0 Å². The van der Waals surface area contributed by atoms with Gasteiger partial charge >= 0.3 is 6.18 Å². The number of benzene rings is 1. The van der Waals surface area contributed by atoms with Crippen LogP contribution in [0.25, 0.3) is 5.57 Å². The van der Waals surface area contributed by atoms with Crippen LogP contribution < -0.4 is 5.73 Å². The number of aromatic nitrogens is 1. The first-order chi connectivity index (χ1) is 16.1. The second-order valence-electron chi connectivity index (χ2n) is 8.05. The molecule has 5 nitrogen and oxygen atoms in total. The molecule has 2 heterocycles. The molecule has 0 spiro atoms. The van der Waals surface area contributed by atoms with Gasteiger partial charge in [-0.1, -0.05) is 0 Å². The van der Waals surface area contributed by atoms with Gasteiger partial charge in [0.05, 0.1) is 5.76 Å². The molecule has 1 aliphatic carbocycles. The number of nitrogens with two attached hydrogens (primary N) is 1. The van der Waals surface area contributed by atoms with Crippen molar-refractivity contribution in [3.05, 3.63) is 94.8 Å². The largest absolute Gasteiger partial charge is 0.512 e. The lowest BCUT2D eigenvalue weighted by Gasteiger charge is -2.30. The molecule has 1 aromatic heterocycles. The van der Waals surface area contributed by atoms with E-state index in [1.165, 1.54) is 24.5 Å². The fourth-order valence-corrected chi connectivity index (χ4v) is 4.11. The highest BCUT2D eigenvalue weighted by atomic mass is 19.4. The Morgan fingerprint density at radius 3 is 2.53 bits per heavy atom. The average molecular weight is 476 g/mol. The fourth-order valence-electron chi connectivity index (χ4n) is 4.11. The van der Waals surface area contributed by atoms with E-state index in [2.05, 4.69) is 9.98 Å². The van der Waals surface area contributed by atoms with Crippen molar-refractivity contribution in [2.24, 2.45) is 10.7 Å². The second kappa shape index (κ2) is 9.28. The fraction of sp³-hybridized carbons (Fsp3) is 0.250. The molecular weight excluding hydrogens is 455 g/mol. The smallest absolute Gasteiger partial charge is 0.408 e. The summed E-state index contributed by atoms with van der Waals surface area (Å²) in [6, 6.07) is 4.30. The number of nitrogens with zero attached hydrogens (tertiary/aromatic N) is 3. The molecular formula is C24H21F5N4O. The van der Waals surface area contributed by atoms with Crippen molar-refractivity contribution in [1.82, 2.24) is 9.88 Å². The molecule has 10 heteroatoms. The number of hydrogen-bond donors (Lipinski definition) is 2. The van der Waals surface area contributed by atoms with Gasteiger partial charge in [-0.25, -0.2) is 13.8 Å². The van der Waals surface area contributed by atoms with Gasteiger partial charge in [-0.3, -0.25) is 4.98 Å². The van der Waals surface area contributed by atoms with Crippen molar-refractivity contribution >= 4 is 11.4 Å². The van der Waals surface area contributed by atoms with Crippen molar-refractivity contribution < 1.29 is 27.1 Å². The predicted molar refractivity (Wildman–Crippen MR) is 117 cm³/mol. The van der Waals surface area contributed by atoms with E-state index in [1.54, 1.807) is 12.1 Å². The van der Waals surface area contributed by atoms with Crippen molar-refractivity contribution in [2.45, 2.75) is 31.5 Å². The first-order valence-corrected chi connectivity index (χ1v) is 10.5. The number of aliphatic hydroxyl groups excluding tert-OH is 1. The Morgan fingerprint density at radius 1 is 1.15 bits per heavy atom. The standard InChI is InChI=1S/C24H21F5N4O/c25-18-8-16(9-19(26)12-18)15-7-17(11-20(34)10-15)23(32-22(30)14-3-1-5-31-13-14)33-6-2-4-21(33)24(27,28)29/h1,3,5,7-10,12-13,21,34H,2,4,6,11H2,(H2,30,32)/b23-17+. The minimum absolute atomic E-state index is 0.0517. The van der Waals surface area contributed by atoms with E-state index < -0.39 is 23.9 Å². The van der Waals surface area contributed by atoms with Crippen LogP contribution in [0.5, 0.6) is 0 Å². The van der Waals surface area contributed by atoms with E-state index in [-0.39, 0.29) is 59.9 Å². The number of halogens is 5. The minimum Gasteiger partial charge on any atom is -0.512 e. The van der Waals surface area contributed by atoms with Crippen molar-refractivity contribution in [3.8, 4) is 0 Å². The van der Waals surface area contributed by atoms with Gasteiger partial charge in [0.25, 0.3) is 0 Å².